The molecule has 2 aliphatic rings. The average molecular weight is 184 g/mol. The minimum Gasteiger partial charge on any atom is -0.317 e. The quantitative estimate of drug-likeness (QED) is 0.515. The van der Waals surface area contributed by atoms with E-state index in [1.165, 1.54) is 0 Å². The van der Waals surface area contributed by atoms with Crippen molar-refractivity contribution in [2.75, 3.05) is 13.1 Å². The predicted molar refractivity (Wildman–Crippen MR) is 45.8 cm³/mol. The summed E-state index contributed by atoms with van der Waals surface area (Å²) < 4.78 is 0. The molecule has 1 saturated heterocycles. The van der Waals surface area contributed by atoms with Gasteiger partial charge in [0, 0.05) is 5.92 Å². The molecule has 2 rings (SSSR count). The summed E-state index contributed by atoms with van der Waals surface area (Å²) in [6, 6.07) is 0. The molecule has 0 spiro atoms. The maximum Gasteiger partial charge on any atom is 0.438 e. The third-order valence-electron chi connectivity index (χ3n) is 2.26. The van der Waals surface area contributed by atoms with E-state index >= 15 is 0 Å². The first-order chi connectivity index (χ1) is 6.36. The van der Waals surface area contributed by atoms with Gasteiger partial charge >= 0.3 is 6.09 Å². The molecule has 2 aliphatic heterocycles. The van der Waals surface area contributed by atoms with Crippen LogP contribution in [0.15, 0.2) is 5.10 Å². The fourth-order valence-corrected chi connectivity index (χ4v) is 1.56. The lowest BCUT2D eigenvalue weighted by Crippen LogP contribution is -2.46. The second kappa shape index (κ2) is 3.61. The van der Waals surface area contributed by atoms with Crippen molar-refractivity contribution in [1.29, 1.82) is 0 Å². The largest absolute Gasteiger partial charge is 0.438 e. The second-order valence-electron chi connectivity index (χ2n) is 3.13. The lowest BCUT2D eigenvalue weighted by Gasteiger charge is -2.25. The average Bonchev–Trinajstić information content (AvgIpc) is 2.19. The van der Waals surface area contributed by atoms with Crippen LogP contribution in [0, 0.1) is 5.92 Å². The molecule has 0 aromatic rings. The summed E-state index contributed by atoms with van der Waals surface area (Å²) in [5.74, 6) is 1.03. The van der Waals surface area contributed by atoms with Crippen LogP contribution >= 0.6 is 0 Å². The van der Waals surface area contributed by atoms with Crippen LogP contribution in [0.4, 0.5) is 4.79 Å². The van der Waals surface area contributed by atoms with E-state index in [1.807, 2.05) is 0 Å². The molecule has 1 fully saturated rings. The van der Waals surface area contributed by atoms with Gasteiger partial charge in [-0.3, -0.25) is 5.32 Å². The Bertz CT molecular complexity index is 235. The minimum absolute atomic E-state index is 0.335. The third kappa shape index (κ3) is 1.89. The van der Waals surface area contributed by atoms with Crippen LogP contribution in [-0.2, 0) is 4.84 Å². The highest BCUT2D eigenvalue weighted by Crippen LogP contribution is 2.13. The molecule has 0 unspecified atom stereocenters. The number of nitrogens with zero attached hydrogens (tertiary/aromatic N) is 1. The maximum atomic E-state index is 10.8. The zero-order valence-corrected chi connectivity index (χ0v) is 7.17. The standard InChI is InChI=1S/C7H12N4O2/c12-7-9-6(10-11-13-7)5-1-3-8-4-2-5/h5,8,11H,1-4H2,(H,9,10,12). The third-order valence-corrected chi connectivity index (χ3v) is 2.26. The number of carbonyl (C=O) groups is 1. The zero-order valence-electron chi connectivity index (χ0n) is 7.17. The lowest BCUT2D eigenvalue weighted by molar-refractivity contribution is 0.0873. The number of rotatable bonds is 1. The van der Waals surface area contributed by atoms with E-state index < -0.39 is 6.09 Å². The van der Waals surface area contributed by atoms with Crippen molar-refractivity contribution >= 4 is 11.9 Å². The highest BCUT2D eigenvalue weighted by molar-refractivity contribution is 5.97. The van der Waals surface area contributed by atoms with Gasteiger partial charge in [0.25, 0.3) is 0 Å². The lowest BCUT2D eigenvalue weighted by atomic mass is 9.97. The molecule has 72 valence electrons. The SMILES string of the molecule is O=C1NC(C2CCNCC2)=NNO1. The molecule has 0 bridgehead atoms. The fourth-order valence-electron chi connectivity index (χ4n) is 1.56. The highest BCUT2D eigenvalue weighted by atomic mass is 16.7. The molecule has 2 heterocycles. The molecule has 0 aromatic heterocycles. The number of hydrogen-bond acceptors (Lipinski definition) is 5. The Balaban J connectivity index is 1.98. The van der Waals surface area contributed by atoms with Crippen LogP contribution in [0.2, 0.25) is 0 Å². The Morgan fingerprint density at radius 3 is 2.85 bits per heavy atom. The van der Waals surface area contributed by atoms with Gasteiger partial charge < -0.3 is 10.2 Å². The molecule has 6 nitrogen and oxygen atoms in total. The van der Waals surface area contributed by atoms with Crippen LogP contribution in [0.25, 0.3) is 0 Å². The number of nitrogens with one attached hydrogen (secondary N) is 3. The maximum absolute atomic E-state index is 10.8. The molecule has 0 aromatic carbocycles. The van der Waals surface area contributed by atoms with E-state index in [9.17, 15) is 4.79 Å². The van der Waals surface area contributed by atoms with E-state index in [-0.39, 0.29) is 0 Å². The molecule has 0 radical (unpaired) electrons. The van der Waals surface area contributed by atoms with Crippen molar-refractivity contribution in [3.63, 3.8) is 0 Å². The van der Waals surface area contributed by atoms with E-state index in [2.05, 4.69) is 26.2 Å². The molecule has 0 atom stereocenters. The summed E-state index contributed by atoms with van der Waals surface area (Å²) in [5.41, 5.74) is 2.24. The van der Waals surface area contributed by atoms with Crippen LogP contribution in [0.1, 0.15) is 12.8 Å². The Morgan fingerprint density at radius 2 is 2.15 bits per heavy atom. The number of amides is 1. The van der Waals surface area contributed by atoms with E-state index in [0.29, 0.717) is 11.8 Å². The molecule has 6 heteroatoms. The second-order valence-corrected chi connectivity index (χ2v) is 3.13. The normalized spacial score (nSPS) is 24.0. The van der Waals surface area contributed by atoms with Gasteiger partial charge in [0.1, 0.15) is 5.84 Å². The first-order valence-electron chi connectivity index (χ1n) is 4.37. The van der Waals surface area contributed by atoms with Gasteiger partial charge in [-0.25, -0.2) is 4.79 Å². The van der Waals surface area contributed by atoms with Crippen molar-refractivity contribution < 1.29 is 9.63 Å². The summed E-state index contributed by atoms with van der Waals surface area (Å²) in [6.07, 6.45) is 1.52. The first kappa shape index (κ1) is 8.31. The molecule has 13 heavy (non-hydrogen) atoms. The van der Waals surface area contributed by atoms with Crippen LogP contribution in [0.5, 0.6) is 0 Å². The summed E-state index contributed by atoms with van der Waals surface area (Å²) in [5, 5.41) is 9.72. The van der Waals surface area contributed by atoms with E-state index in [4.69, 9.17) is 0 Å². The van der Waals surface area contributed by atoms with E-state index in [1.54, 1.807) is 0 Å². The number of carbonyl (C=O) groups excluding carboxylic acids is 1. The van der Waals surface area contributed by atoms with Crippen molar-refractivity contribution in [2.24, 2.45) is 11.0 Å². The summed E-state index contributed by atoms with van der Waals surface area (Å²) >= 11 is 0. The van der Waals surface area contributed by atoms with Crippen LogP contribution < -0.4 is 16.2 Å². The Morgan fingerprint density at radius 1 is 1.38 bits per heavy atom. The van der Waals surface area contributed by atoms with Gasteiger partial charge in [-0.1, -0.05) is 0 Å². The van der Waals surface area contributed by atoms with Gasteiger partial charge in [0.15, 0.2) is 0 Å². The number of hydrogen-bond donors (Lipinski definition) is 3. The summed E-state index contributed by atoms with van der Waals surface area (Å²) in [7, 11) is 0. The smallest absolute Gasteiger partial charge is 0.317 e. The van der Waals surface area contributed by atoms with E-state index in [0.717, 1.165) is 25.9 Å². The van der Waals surface area contributed by atoms with Gasteiger partial charge in [0.2, 0.25) is 0 Å². The number of amidine groups is 1. The number of piperidine rings is 1. The first-order valence-corrected chi connectivity index (χ1v) is 4.37. The Hall–Kier alpha value is -1.30. The molecular formula is C7H12N4O2. The Kier molecular flexibility index (Phi) is 2.31. The van der Waals surface area contributed by atoms with Crippen LogP contribution in [0.3, 0.4) is 0 Å². The summed E-state index contributed by atoms with van der Waals surface area (Å²) in [6.45, 7) is 1.95. The van der Waals surface area contributed by atoms with Gasteiger partial charge in [-0.15, -0.1) is 10.7 Å². The van der Waals surface area contributed by atoms with Crippen molar-refractivity contribution in [3.8, 4) is 0 Å². The fraction of sp³-hybridized carbons (Fsp3) is 0.714. The van der Waals surface area contributed by atoms with Crippen LogP contribution in [-0.4, -0.2) is 25.0 Å². The van der Waals surface area contributed by atoms with Crippen molar-refractivity contribution in [2.45, 2.75) is 12.8 Å². The zero-order chi connectivity index (χ0) is 9.10. The van der Waals surface area contributed by atoms with Crippen molar-refractivity contribution in [3.05, 3.63) is 0 Å². The number of hydrazone groups is 1. The Labute approximate surface area is 75.7 Å². The monoisotopic (exact) mass is 184 g/mol. The molecular weight excluding hydrogens is 172 g/mol. The van der Waals surface area contributed by atoms with Gasteiger partial charge in [0.05, 0.1) is 0 Å². The summed E-state index contributed by atoms with van der Waals surface area (Å²) in [4.78, 5) is 15.2. The minimum atomic E-state index is -0.483. The molecule has 0 aliphatic carbocycles. The molecule has 1 amide bonds. The topological polar surface area (TPSA) is 74.8 Å². The predicted octanol–water partition coefficient (Wildman–Crippen LogP) is -0.456. The van der Waals surface area contributed by atoms with Crippen molar-refractivity contribution in [1.82, 2.24) is 16.2 Å². The van der Waals surface area contributed by atoms with Gasteiger partial charge in [-0.05, 0) is 25.9 Å². The van der Waals surface area contributed by atoms with Gasteiger partial charge in [-0.2, -0.15) is 0 Å². The molecule has 3 N–H and O–H groups in total. The highest BCUT2D eigenvalue weighted by Gasteiger charge is 2.23. The molecule has 0 saturated carbocycles.